The Balaban J connectivity index is 1.59. The number of benzene rings is 1. The van der Waals surface area contributed by atoms with Crippen LogP contribution in [0.1, 0.15) is 26.7 Å². The molecule has 2 aliphatic heterocycles. The van der Waals surface area contributed by atoms with Gasteiger partial charge in [0.25, 0.3) is 0 Å². The van der Waals surface area contributed by atoms with Crippen LogP contribution in [-0.2, 0) is 14.3 Å². The molecule has 1 aromatic carbocycles. The minimum atomic E-state index is -0.488. The van der Waals surface area contributed by atoms with Gasteiger partial charge in [0, 0.05) is 24.3 Å². The average Bonchev–Trinajstić information content (AvgIpc) is 2.88. The van der Waals surface area contributed by atoms with Gasteiger partial charge in [-0.3, -0.25) is 4.79 Å². The molecular weight excluding hydrogens is 268 g/mol. The van der Waals surface area contributed by atoms with E-state index in [1.165, 1.54) is 0 Å². The molecule has 2 heterocycles. The highest BCUT2D eigenvalue weighted by Gasteiger charge is 2.28. The number of amides is 1. The largest absolute Gasteiger partial charge is 0.378 e. The first-order chi connectivity index (χ1) is 10.0. The van der Waals surface area contributed by atoms with Gasteiger partial charge in [-0.25, -0.2) is 0 Å². The molecular formula is C16H22N2O3. The lowest BCUT2D eigenvalue weighted by atomic mass is 10.2. The third kappa shape index (κ3) is 3.36. The van der Waals surface area contributed by atoms with Crippen LogP contribution in [0.4, 0.5) is 11.4 Å². The molecule has 0 atom stereocenters. The van der Waals surface area contributed by atoms with Crippen molar-refractivity contribution in [1.82, 2.24) is 0 Å². The average molecular weight is 290 g/mol. The van der Waals surface area contributed by atoms with Gasteiger partial charge in [-0.15, -0.1) is 0 Å². The van der Waals surface area contributed by atoms with Gasteiger partial charge in [0.05, 0.1) is 19.3 Å². The second-order valence-electron chi connectivity index (χ2n) is 6.06. The lowest BCUT2D eigenvalue weighted by Gasteiger charge is -2.35. The van der Waals surface area contributed by atoms with E-state index in [2.05, 4.69) is 5.32 Å². The lowest BCUT2D eigenvalue weighted by molar-refractivity contribution is -0.247. The highest BCUT2D eigenvalue weighted by molar-refractivity contribution is 5.95. The van der Waals surface area contributed by atoms with Crippen LogP contribution in [0.5, 0.6) is 0 Å². The maximum Gasteiger partial charge on any atom is 0.227 e. The number of nitrogens with zero attached hydrogens (tertiary/aromatic N) is 1. The maximum absolute atomic E-state index is 11.7. The van der Waals surface area contributed by atoms with E-state index in [-0.39, 0.29) is 11.9 Å². The van der Waals surface area contributed by atoms with Crippen molar-refractivity contribution in [3.63, 3.8) is 0 Å². The van der Waals surface area contributed by atoms with Gasteiger partial charge in [-0.1, -0.05) is 0 Å². The number of hydrogen-bond acceptors (Lipinski definition) is 4. The van der Waals surface area contributed by atoms with Crippen molar-refractivity contribution < 1.29 is 14.3 Å². The Morgan fingerprint density at radius 3 is 2.43 bits per heavy atom. The number of rotatable bonds is 3. The summed E-state index contributed by atoms with van der Waals surface area (Å²) in [5.41, 5.74) is 1.99. The first kappa shape index (κ1) is 14.4. The van der Waals surface area contributed by atoms with Crippen LogP contribution >= 0.6 is 0 Å². The summed E-state index contributed by atoms with van der Waals surface area (Å²) < 4.78 is 11.3. The zero-order chi connectivity index (χ0) is 14.9. The number of nitrogens with one attached hydrogen (secondary N) is 1. The van der Waals surface area contributed by atoms with Crippen molar-refractivity contribution in [2.75, 3.05) is 30.0 Å². The lowest BCUT2D eigenvalue weighted by Crippen LogP contribution is -2.45. The quantitative estimate of drug-likeness (QED) is 0.928. The molecule has 1 N–H and O–H groups in total. The van der Waals surface area contributed by atoms with Gasteiger partial charge in [0.15, 0.2) is 5.79 Å². The molecule has 0 bridgehead atoms. The first-order valence-corrected chi connectivity index (χ1v) is 7.48. The fraction of sp³-hybridized carbons (Fsp3) is 0.562. The van der Waals surface area contributed by atoms with Crippen LogP contribution in [-0.4, -0.2) is 37.5 Å². The molecule has 2 saturated heterocycles. The van der Waals surface area contributed by atoms with Gasteiger partial charge < -0.3 is 19.7 Å². The predicted molar refractivity (Wildman–Crippen MR) is 81.4 cm³/mol. The summed E-state index contributed by atoms with van der Waals surface area (Å²) in [4.78, 5) is 13.6. The fourth-order valence-corrected chi connectivity index (χ4v) is 2.67. The molecule has 0 unspecified atom stereocenters. The highest BCUT2D eigenvalue weighted by atomic mass is 16.7. The minimum absolute atomic E-state index is 0.150. The molecule has 21 heavy (non-hydrogen) atoms. The third-order valence-corrected chi connectivity index (χ3v) is 3.89. The molecule has 1 aromatic rings. The predicted octanol–water partition coefficient (Wildman–Crippen LogP) is 2.38. The van der Waals surface area contributed by atoms with E-state index < -0.39 is 5.79 Å². The summed E-state index contributed by atoms with van der Waals surface area (Å²) in [5.74, 6) is -0.273. The standard InChI is InChI=1S/C16H22N2O3/c1-16(2)20-10-13(11-21-16)17-12-5-7-14(8-6-12)18-9-3-4-15(18)19/h5-8,13,17H,3-4,9-11H2,1-2H3. The topological polar surface area (TPSA) is 50.8 Å². The Morgan fingerprint density at radius 1 is 1.19 bits per heavy atom. The molecule has 2 aliphatic rings. The minimum Gasteiger partial charge on any atom is -0.378 e. The van der Waals surface area contributed by atoms with Crippen molar-refractivity contribution in [2.24, 2.45) is 0 Å². The number of carbonyl (C=O) groups is 1. The molecule has 0 aliphatic carbocycles. The second kappa shape index (κ2) is 5.66. The Morgan fingerprint density at radius 2 is 1.86 bits per heavy atom. The van der Waals surface area contributed by atoms with Gasteiger partial charge in [-0.2, -0.15) is 0 Å². The van der Waals surface area contributed by atoms with E-state index in [0.717, 1.165) is 24.3 Å². The van der Waals surface area contributed by atoms with Gasteiger partial charge in [0.1, 0.15) is 0 Å². The van der Waals surface area contributed by atoms with E-state index in [1.54, 1.807) is 0 Å². The zero-order valence-electron chi connectivity index (χ0n) is 12.6. The van der Waals surface area contributed by atoms with E-state index >= 15 is 0 Å². The van der Waals surface area contributed by atoms with Gasteiger partial charge >= 0.3 is 0 Å². The summed E-state index contributed by atoms with van der Waals surface area (Å²) >= 11 is 0. The number of hydrogen-bond donors (Lipinski definition) is 1. The third-order valence-electron chi connectivity index (χ3n) is 3.89. The number of ether oxygens (including phenoxy) is 2. The molecule has 3 rings (SSSR count). The van der Waals surface area contributed by atoms with E-state index in [0.29, 0.717) is 19.6 Å². The van der Waals surface area contributed by atoms with E-state index in [4.69, 9.17) is 9.47 Å². The maximum atomic E-state index is 11.7. The molecule has 0 radical (unpaired) electrons. The summed E-state index contributed by atoms with van der Waals surface area (Å²) in [6.45, 7) is 5.92. The Kier molecular flexibility index (Phi) is 3.87. The van der Waals surface area contributed by atoms with Crippen molar-refractivity contribution in [2.45, 2.75) is 38.5 Å². The van der Waals surface area contributed by atoms with Crippen LogP contribution in [0, 0.1) is 0 Å². The van der Waals surface area contributed by atoms with Crippen molar-refractivity contribution in [3.8, 4) is 0 Å². The molecule has 0 saturated carbocycles. The molecule has 5 nitrogen and oxygen atoms in total. The Bertz CT molecular complexity index is 503. The van der Waals surface area contributed by atoms with Crippen LogP contribution < -0.4 is 10.2 Å². The van der Waals surface area contributed by atoms with E-state index in [9.17, 15) is 4.79 Å². The van der Waals surface area contributed by atoms with Crippen LogP contribution in [0.3, 0.4) is 0 Å². The molecule has 1 amide bonds. The molecule has 0 spiro atoms. The summed E-state index contributed by atoms with van der Waals surface area (Å²) in [6.07, 6.45) is 1.61. The van der Waals surface area contributed by atoms with Crippen LogP contribution in [0.2, 0.25) is 0 Å². The molecule has 0 aromatic heterocycles. The molecule has 114 valence electrons. The first-order valence-electron chi connectivity index (χ1n) is 7.48. The number of anilines is 2. The van der Waals surface area contributed by atoms with Crippen LogP contribution in [0.15, 0.2) is 24.3 Å². The van der Waals surface area contributed by atoms with Crippen molar-refractivity contribution >= 4 is 17.3 Å². The Labute approximate surface area is 125 Å². The SMILES string of the molecule is CC1(C)OCC(Nc2ccc(N3CCCC3=O)cc2)CO1. The van der Waals surface area contributed by atoms with Gasteiger partial charge in [0.2, 0.25) is 5.91 Å². The highest BCUT2D eigenvalue weighted by Crippen LogP contribution is 2.24. The summed E-state index contributed by atoms with van der Waals surface area (Å²) in [6, 6.07) is 8.12. The number of carbonyl (C=O) groups excluding carboxylic acids is 1. The molecule has 2 fully saturated rings. The fourth-order valence-electron chi connectivity index (χ4n) is 2.67. The zero-order valence-corrected chi connectivity index (χ0v) is 12.6. The monoisotopic (exact) mass is 290 g/mol. The Hall–Kier alpha value is -1.59. The summed E-state index contributed by atoms with van der Waals surface area (Å²) in [7, 11) is 0. The molecule has 5 heteroatoms. The van der Waals surface area contributed by atoms with Crippen molar-refractivity contribution in [1.29, 1.82) is 0 Å². The smallest absolute Gasteiger partial charge is 0.227 e. The summed E-state index contributed by atoms with van der Waals surface area (Å²) in [5, 5.41) is 3.39. The van der Waals surface area contributed by atoms with Gasteiger partial charge in [-0.05, 0) is 44.5 Å². The van der Waals surface area contributed by atoms with Crippen molar-refractivity contribution in [3.05, 3.63) is 24.3 Å². The second-order valence-corrected chi connectivity index (χ2v) is 6.06. The van der Waals surface area contributed by atoms with E-state index in [1.807, 2.05) is 43.0 Å². The van der Waals surface area contributed by atoms with Crippen LogP contribution in [0.25, 0.3) is 0 Å². The normalized spacial score (nSPS) is 22.6.